The third kappa shape index (κ3) is 5.76. The molecule has 0 aromatic heterocycles. The second-order valence-electron chi connectivity index (χ2n) is 8.18. The number of amidine groups is 1. The van der Waals surface area contributed by atoms with E-state index in [1.165, 1.54) is 22.9 Å². The van der Waals surface area contributed by atoms with Crippen LogP contribution in [0.4, 0.5) is 11.4 Å². The number of amides is 2. The lowest BCUT2D eigenvalue weighted by Crippen LogP contribution is -2.34. The lowest BCUT2D eigenvalue weighted by atomic mass is 10.1. The van der Waals surface area contributed by atoms with E-state index in [0.717, 1.165) is 35.3 Å². The van der Waals surface area contributed by atoms with Crippen molar-refractivity contribution in [3.05, 3.63) is 58.7 Å². The molecule has 2 aromatic carbocycles. The molecule has 164 valence electrons. The lowest BCUT2D eigenvalue weighted by molar-refractivity contribution is -0.128. The van der Waals surface area contributed by atoms with Gasteiger partial charge in [0.05, 0.1) is 5.69 Å². The molecule has 3 rings (SSSR count). The predicted octanol–water partition coefficient (Wildman–Crippen LogP) is 5.68. The molecule has 0 radical (unpaired) electrons. The van der Waals surface area contributed by atoms with Gasteiger partial charge >= 0.3 is 0 Å². The number of carbonyl (C=O) groups is 2. The van der Waals surface area contributed by atoms with Crippen molar-refractivity contribution in [1.29, 1.82) is 0 Å². The van der Waals surface area contributed by atoms with E-state index in [9.17, 15) is 9.59 Å². The van der Waals surface area contributed by atoms with Crippen LogP contribution in [0.25, 0.3) is 0 Å². The molecule has 31 heavy (non-hydrogen) atoms. The van der Waals surface area contributed by atoms with Gasteiger partial charge in [-0.25, -0.2) is 4.99 Å². The Balaban J connectivity index is 1.77. The summed E-state index contributed by atoms with van der Waals surface area (Å²) in [4.78, 5) is 32.3. The number of nitrogens with zero attached hydrogens (tertiary/aromatic N) is 2. The Labute approximate surface area is 189 Å². The molecule has 0 bridgehead atoms. The third-order valence-electron chi connectivity index (χ3n) is 5.51. The quantitative estimate of drug-likeness (QED) is 0.606. The predicted molar refractivity (Wildman–Crippen MR) is 130 cm³/mol. The SMILES string of the molecule is CCCCN1C(=O)C(CC(=O)Nc2cc(C)ccc2C)SC1=Nc1ccc(C)c(C)c1. The van der Waals surface area contributed by atoms with E-state index in [1.54, 1.807) is 4.90 Å². The van der Waals surface area contributed by atoms with Crippen LogP contribution in [0.2, 0.25) is 0 Å². The average molecular weight is 438 g/mol. The molecule has 5 nitrogen and oxygen atoms in total. The highest BCUT2D eigenvalue weighted by atomic mass is 32.2. The van der Waals surface area contributed by atoms with Gasteiger partial charge in [0.1, 0.15) is 5.25 Å². The van der Waals surface area contributed by atoms with Gasteiger partial charge in [-0.15, -0.1) is 0 Å². The highest BCUT2D eigenvalue weighted by Gasteiger charge is 2.38. The Morgan fingerprint density at radius 3 is 2.52 bits per heavy atom. The van der Waals surface area contributed by atoms with Crippen molar-refractivity contribution in [3.63, 3.8) is 0 Å². The average Bonchev–Trinajstić information content (AvgIpc) is 3.00. The first-order valence-electron chi connectivity index (χ1n) is 10.8. The van der Waals surface area contributed by atoms with Crippen molar-refractivity contribution in [2.24, 2.45) is 4.99 Å². The fourth-order valence-electron chi connectivity index (χ4n) is 3.39. The van der Waals surface area contributed by atoms with Crippen molar-refractivity contribution in [3.8, 4) is 0 Å². The number of carbonyl (C=O) groups excluding carboxylic acids is 2. The first-order chi connectivity index (χ1) is 14.8. The summed E-state index contributed by atoms with van der Waals surface area (Å²) < 4.78 is 0. The highest BCUT2D eigenvalue weighted by Crippen LogP contribution is 2.32. The highest BCUT2D eigenvalue weighted by molar-refractivity contribution is 8.15. The number of thioether (sulfide) groups is 1. The number of hydrogen-bond acceptors (Lipinski definition) is 4. The number of benzene rings is 2. The molecule has 1 heterocycles. The second kappa shape index (κ2) is 10.1. The molecule has 1 atom stereocenters. The van der Waals surface area contributed by atoms with E-state index < -0.39 is 5.25 Å². The van der Waals surface area contributed by atoms with Crippen molar-refractivity contribution in [2.45, 2.75) is 59.1 Å². The Morgan fingerprint density at radius 1 is 1.06 bits per heavy atom. The standard InChI is InChI=1S/C25H31N3O2S/c1-6-7-12-28-24(30)22(15-23(29)27-21-13-16(2)8-9-18(21)4)31-25(28)26-20-11-10-17(3)19(5)14-20/h8-11,13-14,22H,6-7,12,15H2,1-5H3,(H,27,29). The maximum Gasteiger partial charge on any atom is 0.242 e. The summed E-state index contributed by atoms with van der Waals surface area (Å²) >= 11 is 1.39. The van der Waals surface area contributed by atoms with Gasteiger partial charge in [0.2, 0.25) is 11.8 Å². The summed E-state index contributed by atoms with van der Waals surface area (Å²) in [7, 11) is 0. The van der Waals surface area contributed by atoms with Crippen LogP contribution in [0.3, 0.4) is 0 Å². The molecule has 1 unspecified atom stereocenters. The van der Waals surface area contributed by atoms with Crippen LogP contribution in [0.15, 0.2) is 41.4 Å². The summed E-state index contributed by atoms with van der Waals surface area (Å²) in [5.41, 5.74) is 6.10. The number of nitrogens with one attached hydrogen (secondary N) is 1. The first kappa shape index (κ1) is 23.1. The number of hydrogen-bond donors (Lipinski definition) is 1. The summed E-state index contributed by atoms with van der Waals surface area (Å²) in [5.74, 6) is -0.181. The van der Waals surface area contributed by atoms with E-state index in [0.29, 0.717) is 11.7 Å². The van der Waals surface area contributed by atoms with Crippen LogP contribution in [-0.4, -0.2) is 33.7 Å². The van der Waals surface area contributed by atoms with E-state index in [2.05, 4.69) is 26.1 Å². The number of unbranched alkanes of at least 4 members (excludes halogenated alkanes) is 1. The zero-order valence-electron chi connectivity index (χ0n) is 19.0. The van der Waals surface area contributed by atoms with E-state index in [-0.39, 0.29) is 18.2 Å². The third-order valence-corrected chi connectivity index (χ3v) is 6.68. The molecule has 6 heteroatoms. The molecule has 2 aromatic rings. The lowest BCUT2D eigenvalue weighted by Gasteiger charge is -2.16. The molecule has 1 N–H and O–H groups in total. The maximum atomic E-state index is 13.1. The van der Waals surface area contributed by atoms with Crippen LogP contribution in [-0.2, 0) is 9.59 Å². The number of aliphatic imine (C=N–C) groups is 1. The van der Waals surface area contributed by atoms with Gasteiger partial charge in [0.25, 0.3) is 0 Å². The van der Waals surface area contributed by atoms with E-state index in [4.69, 9.17) is 4.99 Å². The topological polar surface area (TPSA) is 61.8 Å². The number of rotatable bonds is 7. The summed E-state index contributed by atoms with van der Waals surface area (Å²) in [6.45, 7) is 10.8. The number of anilines is 1. The summed E-state index contributed by atoms with van der Waals surface area (Å²) in [6, 6.07) is 12.0. The van der Waals surface area contributed by atoms with Gasteiger partial charge in [-0.2, -0.15) is 0 Å². The van der Waals surface area contributed by atoms with Crippen LogP contribution >= 0.6 is 11.8 Å². The molecule has 0 aliphatic carbocycles. The minimum absolute atomic E-state index is 0.0304. The van der Waals surface area contributed by atoms with Crippen LogP contribution < -0.4 is 5.32 Å². The summed E-state index contributed by atoms with van der Waals surface area (Å²) in [5, 5.41) is 3.21. The smallest absolute Gasteiger partial charge is 0.242 e. The van der Waals surface area contributed by atoms with E-state index in [1.807, 2.05) is 50.2 Å². The van der Waals surface area contributed by atoms with Gasteiger partial charge in [0.15, 0.2) is 5.17 Å². The number of aryl methyl sites for hydroxylation is 4. The molecule has 1 aliphatic heterocycles. The van der Waals surface area contributed by atoms with Crippen molar-refractivity contribution < 1.29 is 9.59 Å². The van der Waals surface area contributed by atoms with Gasteiger partial charge in [-0.1, -0.05) is 43.3 Å². The van der Waals surface area contributed by atoms with Crippen molar-refractivity contribution >= 4 is 40.1 Å². The molecule has 0 saturated carbocycles. The minimum Gasteiger partial charge on any atom is -0.326 e. The molecule has 0 spiro atoms. The monoisotopic (exact) mass is 437 g/mol. The van der Waals surface area contributed by atoms with Gasteiger partial charge in [0, 0.05) is 18.7 Å². The fraction of sp³-hybridized carbons (Fsp3) is 0.400. The van der Waals surface area contributed by atoms with Crippen molar-refractivity contribution in [2.75, 3.05) is 11.9 Å². The molecule has 1 aliphatic rings. The Bertz CT molecular complexity index is 1020. The zero-order valence-corrected chi connectivity index (χ0v) is 19.8. The normalized spacial score (nSPS) is 17.5. The Hall–Kier alpha value is -2.60. The van der Waals surface area contributed by atoms with Gasteiger partial charge in [-0.05, 0) is 74.6 Å². The second-order valence-corrected chi connectivity index (χ2v) is 9.35. The molecular formula is C25H31N3O2S. The summed E-state index contributed by atoms with van der Waals surface area (Å²) in [6.07, 6.45) is 2.02. The largest absolute Gasteiger partial charge is 0.326 e. The van der Waals surface area contributed by atoms with Gasteiger partial charge in [-0.3, -0.25) is 14.5 Å². The molecule has 1 fully saturated rings. The first-order valence-corrected chi connectivity index (χ1v) is 11.7. The maximum absolute atomic E-state index is 13.1. The molecule has 1 saturated heterocycles. The minimum atomic E-state index is -0.452. The van der Waals surface area contributed by atoms with Crippen LogP contribution in [0.1, 0.15) is 48.4 Å². The molecule has 2 amide bonds. The van der Waals surface area contributed by atoms with Crippen molar-refractivity contribution in [1.82, 2.24) is 4.90 Å². The Morgan fingerprint density at radius 2 is 1.81 bits per heavy atom. The Kier molecular flexibility index (Phi) is 7.55. The van der Waals surface area contributed by atoms with E-state index >= 15 is 0 Å². The zero-order chi connectivity index (χ0) is 22.5. The van der Waals surface area contributed by atoms with Crippen LogP contribution in [0, 0.1) is 27.7 Å². The van der Waals surface area contributed by atoms with Crippen LogP contribution in [0.5, 0.6) is 0 Å². The molecular weight excluding hydrogens is 406 g/mol. The fourth-order valence-corrected chi connectivity index (χ4v) is 4.58. The van der Waals surface area contributed by atoms with Gasteiger partial charge < -0.3 is 5.32 Å².